The number of fused-ring (bicyclic) bond motifs is 1. The predicted octanol–water partition coefficient (Wildman–Crippen LogP) is 3.48. The van der Waals surface area contributed by atoms with Crippen molar-refractivity contribution in [1.82, 2.24) is 15.3 Å². The monoisotopic (exact) mass is 263 g/mol. The summed E-state index contributed by atoms with van der Waals surface area (Å²) < 4.78 is 0. The highest BCUT2D eigenvalue weighted by molar-refractivity contribution is 5.92. The van der Waals surface area contributed by atoms with Crippen LogP contribution >= 0.6 is 0 Å². The second-order valence-corrected chi connectivity index (χ2v) is 5.45. The summed E-state index contributed by atoms with van der Waals surface area (Å²) in [6.07, 6.45) is 6.46. The molecule has 0 atom stereocenters. The van der Waals surface area contributed by atoms with Crippen molar-refractivity contribution in [1.29, 1.82) is 0 Å². The Hall–Kier alpha value is -2.13. The van der Waals surface area contributed by atoms with Gasteiger partial charge in [-0.05, 0) is 47.7 Å². The molecule has 2 heterocycles. The van der Waals surface area contributed by atoms with E-state index < -0.39 is 0 Å². The fraction of sp³-hybridized carbons (Fsp3) is 0.235. The van der Waals surface area contributed by atoms with Crippen LogP contribution in [-0.4, -0.2) is 16.0 Å². The maximum Gasteiger partial charge on any atom is 0.137 e. The van der Waals surface area contributed by atoms with E-state index in [-0.39, 0.29) is 0 Å². The van der Waals surface area contributed by atoms with Crippen LogP contribution in [0.25, 0.3) is 22.2 Å². The van der Waals surface area contributed by atoms with Crippen LogP contribution in [0.4, 0.5) is 0 Å². The predicted molar refractivity (Wildman–Crippen MR) is 81.4 cm³/mol. The van der Waals surface area contributed by atoms with Crippen molar-refractivity contribution in [3.63, 3.8) is 0 Å². The standard InChI is InChI=1S/C17H17N3/c1-2-12(11-20-14-4-5-14)10-13(3-1)15-6-8-18-17-16(15)7-9-19-17/h1-3,6-10,14,20H,4-5,11H2,(H,18,19). The van der Waals surface area contributed by atoms with Crippen molar-refractivity contribution < 1.29 is 0 Å². The Morgan fingerprint density at radius 2 is 2.15 bits per heavy atom. The number of nitrogens with zero attached hydrogens (tertiary/aromatic N) is 1. The molecule has 20 heavy (non-hydrogen) atoms. The fourth-order valence-electron chi connectivity index (χ4n) is 2.61. The molecule has 0 aliphatic heterocycles. The zero-order valence-electron chi connectivity index (χ0n) is 11.3. The number of aromatic nitrogens is 2. The number of nitrogens with one attached hydrogen (secondary N) is 2. The Morgan fingerprint density at radius 3 is 3.05 bits per heavy atom. The molecular formula is C17H17N3. The van der Waals surface area contributed by atoms with Gasteiger partial charge >= 0.3 is 0 Å². The van der Waals surface area contributed by atoms with Crippen LogP contribution in [0.2, 0.25) is 0 Å². The molecule has 0 amide bonds. The Bertz CT molecular complexity index is 741. The van der Waals surface area contributed by atoms with Gasteiger partial charge in [-0.1, -0.05) is 18.2 Å². The van der Waals surface area contributed by atoms with E-state index in [1.54, 1.807) is 0 Å². The first-order chi connectivity index (χ1) is 9.90. The molecule has 1 aliphatic rings. The van der Waals surface area contributed by atoms with Gasteiger partial charge in [-0.25, -0.2) is 4.98 Å². The van der Waals surface area contributed by atoms with Gasteiger partial charge in [0.05, 0.1) is 0 Å². The van der Waals surface area contributed by atoms with Gasteiger partial charge in [-0.2, -0.15) is 0 Å². The van der Waals surface area contributed by atoms with E-state index >= 15 is 0 Å². The van der Waals surface area contributed by atoms with E-state index in [9.17, 15) is 0 Å². The molecule has 3 nitrogen and oxygen atoms in total. The zero-order valence-corrected chi connectivity index (χ0v) is 11.3. The molecule has 2 aromatic heterocycles. The maximum atomic E-state index is 4.35. The third kappa shape index (κ3) is 2.21. The number of H-pyrrole nitrogens is 1. The summed E-state index contributed by atoms with van der Waals surface area (Å²) in [5.74, 6) is 0. The van der Waals surface area contributed by atoms with Crippen LogP contribution in [0.1, 0.15) is 18.4 Å². The molecule has 3 aromatic rings. The second kappa shape index (κ2) is 4.76. The summed E-state index contributed by atoms with van der Waals surface area (Å²) in [5.41, 5.74) is 4.79. The average Bonchev–Trinajstić information content (AvgIpc) is 3.20. The summed E-state index contributed by atoms with van der Waals surface area (Å²) in [6, 6.07) is 13.7. The minimum atomic E-state index is 0.746. The molecule has 4 rings (SSSR count). The molecular weight excluding hydrogens is 246 g/mol. The van der Waals surface area contributed by atoms with Gasteiger partial charge in [0.1, 0.15) is 5.65 Å². The topological polar surface area (TPSA) is 40.7 Å². The Balaban J connectivity index is 1.70. The van der Waals surface area contributed by atoms with Crippen LogP contribution in [0, 0.1) is 0 Å². The van der Waals surface area contributed by atoms with Crippen molar-refractivity contribution in [3.05, 3.63) is 54.4 Å². The number of hydrogen-bond acceptors (Lipinski definition) is 2. The van der Waals surface area contributed by atoms with Gasteiger partial charge in [0, 0.05) is 30.4 Å². The molecule has 1 saturated carbocycles. The van der Waals surface area contributed by atoms with Crippen LogP contribution in [0.15, 0.2) is 48.8 Å². The normalized spacial score (nSPS) is 14.8. The van der Waals surface area contributed by atoms with Crippen LogP contribution in [-0.2, 0) is 6.54 Å². The minimum Gasteiger partial charge on any atom is -0.346 e. The molecule has 0 spiro atoms. The molecule has 1 fully saturated rings. The average molecular weight is 263 g/mol. The quantitative estimate of drug-likeness (QED) is 0.756. The number of benzene rings is 1. The van der Waals surface area contributed by atoms with Gasteiger partial charge < -0.3 is 10.3 Å². The van der Waals surface area contributed by atoms with Gasteiger partial charge in [0.15, 0.2) is 0 Å². The molecule has 0 saturated heterocycles. The highest BCUT2D eigenvalue weighted by Crippen LogP contribution is 2.27. The Morgan fingerprint density at radius 1 is 1.20 bits per heavy atom. The van der Waals surface area contributed by atoms with E-state index in [2.05, 4.69) is 51.7 Å². The number of hydrogen-bond donors (Lipinski definition) is 2. The lowest BCUT2D eigenvalue weighted by molar-refractivity contribution is 0.688. The van der Waals surface area contributed by atoms with Gasteiger partial charge in [-0.3, -0.25) is 0 Å². The van der Waals surface area contributed by atoms with Crippen molar-refractivity contribution >= 4 is 11.0 Å². The Labute approximate surface area is 118 Å². The van der Waals surface area contributed by atoms with E-state index in [1.165, 1.54) is 34.9 Å². The van der Waals surface area contributed by atoms with Gasteiger partial charge in [-0.15, -0.1) is 0 Å². The second-order valence-electron chi connectivity index (χ2n) is 5.45. The summed E-state index contributed by atoms with van der Waals surface area (Å²) >= 11 is 0. The number of aromatic amines is 1. The lowest BCUT2D eigenvalue weighted by Gasteiger charge is -2.07. The molecule has 1 aliphatic carbocycles. The number of rotatable bonds is 4. The fourth-order valence-corrected chi connectivity index (χ4v) is 2.61. The molecule has 0 radical (unpaired) electrons. The molecule has 2 N–H and O–H groups in total. The van der Waals surface area contributed by atoms with E-state index in [4.69, 9.17) is 0 Å². The first kappa shape index (κ1) is 11.7. The molecule has 1 aromatic carbocycles. The first-order valence-electron chi connectivity index (χ1n) is 7.15. The minimum absolute atomic E-state index is 0.746. The first-order valence-corrected chi connectivity index (χ1v) is 7.15. The largest absolute Gasteiger partial charge is 0.346 e. The lowest BCUT2D eigenvalue weighted by Crippen LogP contribution is -2.15. The van der Waals surface area contributed by atoms with Gasteiger partial charge in [0.2, 0.25) is 0 Å². The van der Waals surface area contributed by atoms with E-state index in [0.717, 1.165) is 18.2 Å². The molecule has 0 bridgehead atoms. The molecule has 100 valence electrons. The highest BCUT2D eigenvalue weighted by atomic mass is 14.9. The van der Waals surface area contributed by atoms with E-state index in [0.29, 0.717) is 0 Å². The summed E-state index contributed by atoms with van der Waals surface area (Å²) in [7, 11) is 0. The smallest absolute Gasteiger partial charge is 0.137 e. The molecule has 3 heteroatoms. The lowest BCUT2D eigenvalue weighted by atomic mass is 10.0. The summed E-state index contributed by atoms with van der Waals surface area (Å²) in [4.78, 5) is 7.52. The zero-order chi connectivity index (χ0) is 13.4. The summed E-state index contributed by atoms with van der Waals surface area (Å²) in [6.45, 7) is 0.958. The van der Waals surface area contributed by atoms with Crippen molar-refractivity contribution in [2.75, 3.05) is 0 Å². The third-order valence-corrected chi connectivity index (χ3v) is 3.87. The van der Waals surface area contributed by atoms with E-state index in [1.807, 2.05) is 12.4 Å². The van der Waals surface area contributed by atoms with Crippen molar-refractivity contribution in [2.45, 2.75) is 25.4 Å². The highest BCUT2D eigenvalue weighted by Gasteiger charge is 2.19. The van der Waals surface area contributed by atoms with Crippen molar-refractivity contribution in [3.8, 4) is 11.1 Å². The van der Waals surface area contributed by atoms with Crippen molar-refractivity contribution in [2.24, 2.45) is 0 Å². The van der Waals surface area contributed by atoms with Crippen LogP contribution in [0.3, 0.4) is 0 Å². The Kier molecular flexibility index (Phi) is 2.78. The third-order valence-electron chi connectivity index (χ3n) is 3.87. The molecule has 0 unspecified atom stereocenters. The van der Waals surface area contributed by atoms with Gasteiger partial charge in [0.25, 0.3) is 0 Å². The van der Waals surface area contributed by atoms with Crippen LogP contribution < -0.4 is 5.32 Å². The SMILES string of the molecule is c1cc(CNC2CC2)cc(-c2ccnc3[nH]ccc23)c1. The van der Waals surface area contributed by atoms with Crippen LogP contribution in [0.5, 0.6) is 0 Å². The maximum absolute atomic E-state index is 4.35. The summed E-state index contributed by atoms with van der Waals surface area (Å²) in [5, 5.41) is 4.75. The number of pyridine rings is 1.